The molecule has 0 aromatic carbocycles. The smallest absolute Gasteiger partial charge is 0.0960 e. The average Bonchev–Trinajstić information content (AvgIpc) is 2.56. The van der Waals surface area contributed by atoms with E-state index in [2.05, 4.69) is 23.1 Å². The number of pyridine rings is 2. The molecule has 3 heteroatoms. The zero-order valence-electron chi connectivity index (χ0n) is 13.0. The molecule has 0 amide bonds. The van der Waals surface area contributed by atoms with Crippen molar-refractivity contribution in [3.63, 3.8) is 0 Å². The lowest BCUT2D eigenvalue weighted by Gasteiger charge is -2.10. The van der Waals surface area contributed by atoms with E-state index in [4.69, 9.17) is 4.99 Å². The van der Waals surface area contributed by atoms with Gasteiger partial charge in [0.15, 0.2) is 0 Å². The van der Waals surface area contributed by atoms with Crippen LogP contribution in [0.2, 0.25) is 0 Å². The quantitative estimate of drug-likeness (QED) is 0.758. The van der Waals surface area contributed by atoms with Crippen LogP contribution in [-0.2, 0) is 0 Å². The zero-order chi connectivity index (χ0) is 15.9. The van der Waals surface area contributed by atoms with Crippen LogP contribution in [-0.4, -0.2) is 15.7 Å². The van der Waals surface area contributed by atoms with Gasteiger partial charge in [-0.1, -0.05) is 37.4 Å². The molecule has 0 aliphatic carbocycles. The first-order valence-electron chi connectivity index (χ1n) is 7.07. The molecule has 2 heterocycles. The van der Waals surface area contributed by atoms with Gasteiger partial charge in [-0.25, -0.2) is 4.99 Å². The fourth-order valence-electron chi connectivity index (χ4n) is 2.04. The molecule has 22 heavy (non-hydrogen) atoms. The Hall–Kier alpha value is -2.81. The molecule has 2 aromatic heterocycles. The fourth-order valence-corrected chi connectivity index (χ4v) is 2.04. The molecule has 3 nitrogen and oxygen atoms in total. The van der Waals surface area contributed by atoms with Crippen molar-refractivity contribution >= 4 is 17.5 Å². The molecule has 2 rings (SSSR count). The Balaban J connectivity index is 2.57. The molecular weight excluding hydrogens is 270 g/mol. The fraction of sp³-hybridized carbons (Fsp3) is 0.105. The summed E-state index contributed by atoms with van der Waals surface area (Å²) in [7, 11) is 0. The molecule has 0 fully saturated rings. The number of allylic oxidation sites excluding steroid dienone is 2. The van der Waals surface area contributed by atoms with Gasteiger partial charge >= 0.3 is 0 Å². The van der Waals surface area contributed by atoms with Gasteiger partial charge in [0, 0.05) is 18.0 Å². The second kappa shape index (κ2) is 7.27. The number of hydrogen-bond donors (Lipinski definition) is 0. The van der Waals surface area contributed by atoms with Gasteiger partial charge < -0.3 is 0 Å². The second-order valence-corrected chi connectivity index (χ2v) is 4.77. The van der Waals surface area contributed by atoms with E-state index in [1.807, 2.05) is 50.3 Å². The maximum atomic E-state index is 4.75. The minimum atomic E-state index is 0.745. The topological polar surface area (TPSA) is 38.1 Å². The van der Waals surface area contributed by atoms with Gasteiger partial charge in [0.25, 0.3) is 0 Å². The van der Waals surface area contributed by atoms with Crippen molar-refractivity contribution in [1.29, 1.82) is 0 Å². The molecule has 0 radical (unpaired) electrons. The van der Waals surface area contributed by atoms with Gasteiger partial charge in [0.2, 0.25) is 0 Å². The monoisotopic (exact) mass is 289 g/mol. The summed E-state index contributed by atoms with van der Waals surface area (Å²) < 4.78 is 0. The second-order valence-electron chi connectivity index (χ2n) is 4.77. The van der Waals surface area contributed by atoms with Crippen LogP contribution in [0.3, 0.4) is 0 Å². The third-order valence-electron chi connectivity index (χ3n) is 3.12. The first kappa shape index (κ1) is 15.6. The number of hydrogen-bond acceptors (Lipinski definition) is 3. The molecular formula is C19H19N3. The lowest BCUT2D eigenvalue weighted by atomic mass is 10.0. The summed E-state index contributed by atoms with van der Waals surface area (Å²) in [6, 6.07) is 9.60. The summed E-state index contributed by atoms with van der Waals surface area (Å²) in [5.74, 6) is 0. The van der Waals surface area contributed by atoms with E-state index in [-0.39, 0.29) is 0 Å². The Morgan fingerprint density at radius 3 is 2.50 bits per heavy atom. The molecule has 0 aliphatic heterocycles. The van der Waals surface area contributed by atoms with Crippen LogP contribution in [0.5, 0.6) is 0 Å². The van der Waals surface area contributed by atoms with Gasteiger partial charge in [-0.05, 0) is 37.6 Å². The van der Waals surface area contributed by atoms with E-state index in [1.165, 1.54) is 0 Å². The Labute approximate surface area is 131 Å². The highest BCUT2D eigenvalue weighted by atomic mass is 14.8. The summed E-state index contributed by atoms with van der Waals surface area (Å²) in [5, 5.41) is 0. The predicted molar refractivity (Wildman–Crippen MR) is 93.6 cm³/mol. The third kappa shape index (κ3) is 3.44. The van der Waals surface area contributed by atoms with Crippen molar-refractivity contribution in [3.05, 3.63) is 84.5 Å². The third-order valence-corrected chi connectivity index (χ3v) is 3.12. The van der Waals surface area contributed by atoms with Crippen LogP contribution in [0.1, 0.15) is 30.8 Å². The van der Waals surface area contributed by atoms with Gasteiger partial charge in [0.1, 0.15) is 0 Å². The first-order chi connectivity index (χ1) is 10.7. The van der Waals surface area contributed by atoms with E-state index in [1.54, 1.807) is 18.5 Å². The van der Waals surface area contributed by atoms with Crippen LogP contribution in [0.15, 0.2) is 72.5 Å². The van der Waals surface area contributed by atoms with Gasteiger partial charge in [-0.15, -0.1) is 0 Å². The highest BCUT2D eigenvalue weighted by molar-refractivity contribution is 6.14. The van der Waals surface area contributed by atoms with E-state index in [0.29, 0.717) is 0 Å². The Kier molecular flexibility index (Phi) is 5.15. The van der Waals surface area contributed by atoms with Gasteiger partial charge in [-0.3, -0.25) is 9.97 Å². The summed E-state index contributed by atoms with van der Waals surface area (Å²) in [4.78, 5) is 13.5. The van der Waals surface area contributed by atoms with Crippen molar-refractivity contribution in [1.82, 2.24) is 9.97 Å². The van der Waals surface area contributed by atoms with Crippen molar-refractivity contribution in [2.45, 2.75) is 13.8 Å². The largest absolute Gasteiger partial charge is 0.255 e. The number of aromatic nitrogens is 2. The minimum absolute atomic E-state index is 0.745. The molecule has 110 valence electrons. The van der Waals surface area contributed by atoms with E-state index >= 15 is 0 Å². The Bertz CT molecular complexity index is 740. The molecule has 2 aromatic rings. The Morgan fingerprint density at radius 1 is 1.14 bits per heavy atom. The average molecular weight is 289 g/mol. The van der Waals surface area contributed by atoms with Crippen molar-refractivity contribution in [2.24, 2.45) is 4.99 Å². The normalized spacial score (nSPS) is 12.1. The lowest BCUT2D eigenvalue weighted by molar-refractivity contribution is 1.23. The van der Waals surface area contributed by atoms with E-state index in [0.717, 1.165) is 33.9 Å². The van der Waals surface area contributed by atoms with Gasteiger partial charge in [0.05, 0.1) is 22.8 Å². The minimum Gasteiger partial charge on any atom is -0.255 e. The van der Waals surface area contributed by atoms with Crippen molar-refractivity contribution in [3.8, 4) is 0 Å². The maximum Gasteiger partial charge on any atom is 0.0960 e. The van der Waals surface area contributed by atoms with Gasteiger partial charge in [-0.2, -0.15) is 0 Å². The number of rotatable bonds is 5. The zero-order valence-corrected chi connectivity index (χ0v) is 13.0. The molecule has 0 bridgehead atoms. The predicted octanol–water partition coefficient (Wildman–Crippen LogP) is 4.55. The molecule has 0 spiro atoms. The van der Waals surface area contributed by atoms with E-state index in [9.17, 15) is 0 Å². The maximum absolute atomic E-state index is 4.75. The highest BCUT2D eigenvalue weighted by Gasteiger charge is 2.11. The molecule has 0 N–H and O–H groups in total. The first-order valence-corrected chi connectivity index (χ1v) is 7.07. The van der Waals surface area contributed by atoms with Crippen molar-refractivity contribution < 1.29 is 0 Å². The molecule has 0 atom stereocenters. The van der Waals surface area contributed by atoms with Crippen molar-refractivity contribution in [2.75, 3.05) is 0 Å². The molecule has 0 saturated heterocycles. The number of nitrogens with zero attached hydrogens (tertiary/aromatic N) is 3. The SMILES string of the molecule is C=Cc1cccnc1/C(=N/C(=C\C)c1ccccn1)C(=C)C. The van der Waals surface area contributed by atoms with Crippen LogP contribution in [0.25, 0.3) is 11.8 Å². The highest BCUT2D eigenvalue weighted by Crippen LogP contribution is 2.19. The number of aliphatic imine (C=N–C) groups is 1. The summed E-state index contributed by atoms with van der Waals surface area (Å²) in [6.07, 6.45) is 7.21. The Morgan fingerprint density at radius 2 is 1.91 bits per heavy atom. The van der Waals surface area contributed by atoms with Crippen LogP contribution in [0, 0.1) is 0 Å². The summed E-state index contributed by atoms with van der Waals surface area (Å²) in [5.41, 5.74) is 4.91. The summed E-state index contributed by atoms with van der Waals surface area (Å²) >= 11 is 0. The standard InChI is InChI=1S/C19H19N3/c1-5-15-10-9-13-21-19(15)18(14(3)4)22-16(6-2)17-11-7-8-12-20-17/h5-13H,1,3H2,2,4H3/b16-6-,22-18+. The summed E-state index contributed by atoms with van der Waals surface area (Å²) in [6.45, 7) is 11.7. The molecule has 0 aliphatic rings. The van der Waals surface area contributed by atoms with E-state index < -0.39 is 0 Å². The lowest BCUT2D eigenvalue weighted by Crippen LogP contribution is -2.07. The van der Waals surface area contributed by atoms with Crippen LogP contribution in [0.4, 0.5) is 0 Å². The van der Waals surface area contributed by atoms with Crippen LogP contribution >= 0.6 is 0 Å². The molecule has 0 saturated carbocycles. The van der Waals surface area contributed by atoms with Crippen LogP contribution < -0.4 is 0 Å². The molecule has 0 unspecified atom stereocenters.